The minimum Gasteiger partial charge on any atom is -0.384 e. The third kappa shape index (κ3) is 4.44. The van der Waals surface area contributed by atoms with Crippen molar-refractivity contribution in [2.24, 2.45) is 13.0 Å². The first kappa shape index (κ1) is 22.1. The van der Waals surface area contributed by atoms with Gasteiger partial charge in [-0.1, -0.05) is 41.5 Å². The largest absolute Gasteiger partial charge is 0.384 e. The predicted octanol–water partition coefficient (Wildman–Crippen LogP) is 2.71. The molecular weight excluding hydrogens is 470 g/mol. The Balaban J connectivity index is 1.89. The van der Waals surface area contributed by atoms with E-state index in [1.807, 2.05) is 42.7 Å². The van der Waals surface area contributed by atoms with Crippen LogP contribution in [0.25, 0.3) is 5.69 Å². The van der Waals surface area contributed by atoms with Crippen LogP contribution in [0.5, 0.6) is 0 Å². The number of Topliss-reactive ketones (excluding diaryl/α,β-unsaturated/α-hetero) is 1. The maximum absolute atomic E-state index is 12.9. The van der Waals surface area contributed by atoms with Crippen LogP contribution in [-0.4, -0.2) is 30.2 Å². The summed E-state index contributed by atoms with van der Waals surface area (Å²) in [4.78, 5) is 42.2. The molecule has 1 aromatic carbocycles. The molecule has 0 radical (unpaired) electrons. The zero-order valence-electron chi connectivity index (χ0n) is 16.8. The molecule has 3 rings (SSSR count). The van der Waals surface area contributed by atoms with E-state index in [1.165, 1.54) is 23.4 Å². The minimum atomic E-state index is -0.681. The Labute approximate surface area is 185 Å². The quantitative estimate of drug-likeness (QED) is 0.402. The predicted molar refractivity (Wildman–Crippen MR) is 122 cm³/mol. The van der Waals surface area contributed by atoms with Gasteiger partial charge in [-0.05, 0) is 30.2 Å². The molecule has 0 aliphatic heterocycles. The fraction of sp³-hybridized carbons (Fsp3) is 0.300. The molecule has 10 heteroatoms. The molecule has 2 aromatic heterocycles. The Morgan fingerprint density at radius 2 is 1.90 bits per heavy atom. The van der Waals surface area contributed by atoms with Crippen molar-refractivity contribution in [3.05, 3.63) is 67.5 Å². The molecule has 2 N–H and O–H groups in total. The second kappa shape index (κ2) is 9.05. The van der Waals surface area contributed by atoms with Gasteiger partial charge in [0, 0.05) is 36.1 Å². The molecule has 30 heavy (non-hydrogen) atoms. The summed E-state index contributed by atoms with van der Waals surface area (Å²) in [5, 5.41) is 0.608. The van der Waals surface area contributed by atoms with Gasteiger partial charge >= 0.3 is 5.69 Å². The standard InChI is InChI=1S/C20H22BrN5O3S/c1-12(2)10-26-17(22)16(18(28)24(3)20(26)29)15(27)11-30-19-23-8-9-25(19)14-6-4-13(21)5-7-14/h4-9,12H,10-11,22H2,1-3H3. The van der Waals surface area contributed by atoms with Crippen LogP contribution < -0.4 is 17.0 Å². The summed E-state index contributed by atoms with van der Waals surface area (Å²) in [6.45, 7) is 4.17. The van der Waals surface area contributed by atoms with Gasteiger partial charge in [-0.3, -0.25) is 23.3 Å². The lowest BCUT2D eigenvalue weighted by Crippen LogP contribution is -2.43. The number of carbonyl (C=O) groups excluding carboxylic acids is 1. The molecule has 0 fully saturated rings. The Morgan fingerprint density at radius 3 is 2.53 bits per heavy atom. The van der Waals surface area contributed by atoms with E-state index >= 15 is 0 Å². The number of imidazole rings is 1. The molecule has 0 atom stereocenters. The van der Waals surface area contributed by atoms with Gasteiger partial charge in [-0.15, -0.1) is 0 Å². The summed E-state index contributed by atoms with van der Waals surface area (Å²) in [6, 6.07) is 7.68. The van der Waals surface area contributed by atoms with Gasteiger partial charge in [-0.25, -0.2) is 9.78 Å². The van der Waals surface area contributed by atoms with Crippen LogP contribution >= 0.6 is 27.7 Å². The van der Waals surface area contributed by atoms with Crippen molar-refractivity contribution in [2.75, 3.05) is 11.5 Å². The minimum absolute atomic E-state index is 0.0349. The van der Waals surface area contributed by atoms with Gasteiger partial charge in [0.25, 0.3) is 5.56 Å². The lowest BCUT2D eigenvalue weighted by molar-refractivity contribution is 0.102. The number of rotatable bonds is 7. The molecule has 8 nitrogen and oxygen atoms in total. The number of benzene rings is 1. The molecule has 3 aromatic rings. The highest BCUT2D eigenvalue weighted by molar-refractivity contribution is 9.10. The summed E-state index contributed by atoms with van der Waals surface area (Å²) in [7, 11) is 1.35. The molecular formula is C20H22BrN5O3S. The summed E-state index contributed by atoms with van der Waals surface area (Å²) in [5.41, 5.74) is 5.61. The van der Waals surface area contributed by atoms with Gasteiger partial charge in [-0.2, -0.15) is 0 Å². The number of nitrogens with two attached hydrogens (primary N) is 1. The molecule has 0 saturated carbocycles. The Morgan fingerprint density at radius 1 is 1.23 bits per heavy atom. The van der Waals surface area contributed by atoms with Crippen LogP contribution in [0.1, 0.15) is 24.2 Å². The van der Waals surface area contributed by atoms with Crippen molar-refractivity contribution < 1.29 is 4.79 Å². The summed E-state index contributed by atoms with van der Waals surface area (Å²) in [5.74, 6) is -0.440. The third-order valence-corrected chi connectivity index (χ3v) is 5.95. The van der Waals surface area contributed by atoms with Crippen LogP contribution in [0.4, 0.5) is 5.82 Å². The number of ketones is 1. The topological polar surface area (TPSA) is 105 Å². The molecule has 0 saturated heterocycles. The first-order valence-corrected chi connectivity index (χ1v) is 11.0. The average Bonchev–Trinajstić information content (AvgIpc) is 3.17. The summed E-state index contributed by atoms with van der Waals surface area (Å²) in [6.07, 6.45) is 3.44. The van der Waals surface area contributed by atoms with E-state index in [2.05, 4.69) is 20.9 Å². The van der Waals surface area contributed by atoms with Crippen LogP contribution in [0.15, 0.2) is 55.9 Å². The fourth-order valence-electron chi connectivity index (χ4n) is 2.98. The number of nitrogen functional groups attached to an aromatic ring is 1. The highest BCUT2D eigenvalue weighted by Gasteiger charge is 2.22. The Bertz CT molecular complexity index is 1190. The average molecular weight is 492 g/mol. The molecule has 0 aliphatic rings. The van der Waals surface area contributed by atoms with Crippen molar-refractivity contribution in [3.8, 4) is 5.69 Å². The monoisotopic (exact) mass is 491 g/mol. The van der Waals surface area contributed by atoms with Gasteiger partial charge in [0.05, 0.1) is 5.75 Å². The number of aromatic nitrogens is 4. The van der Waals surface area contributed by atoms with Gasteiger partial charge in [0.1, 0.15) is 11.4 Å². The number of halogens is 1. The van der Waals surface area contributed by atoms with E-state index in [0.717, 1.165) is 14.7 Å². The first-order valence-electron chi connectivity index (χ1n) is 9.25. The number of anilines is 1. The van der Waals surface area contributed by atoms with Crippen molar-refractivity contribution in [1.29, 1.82) is 0 Å². The van der Waals surface area contributed by atoms with Crippen LogP contribution in [0.2, 0.25) is 0 Å². The van der Waals surface area contributed by atoms with Gasteiger partial charge < -0.3 is 5.73 Å². The second-order valence-corrected chi connectivity index (χ2v) is 9.04. The van der Waals surface area contributed by atoms with Gasteiger partial charge in [0.15, 0.2) is 10.9 Å². The van der Waals surface area contributed by atoms with Crippen LogP contribution in [0, 0.1) is 5.92 Å². The van der Waals surface area contributed by atoms with Crippen molar-refractivity contribution >= 4 is 39.3 Å². The first-order chi connectivity index (χ1) is 14.2. The fourth-order valence-corrected chi connectivity index (χ4v) is 4.09. The van der Waals surface area contributed by atoms with Crippen molar-refractivity contribution in [3.63, 3.8) is 0 Å². The summed E-state index contributed by atoms with van der Waals surface area (Å²) < 4.78 is 5.02. The highest BCUT2D eigenvalue weighted by atomic mass is 79.9. The molecule has 0 bridgehead atoms. The van der Waals surface area contributed by atoms with E-state index < -0.39 is 17.0 Å². The smallest absolute Gasteiger partial charge is 0.332 e. The van der Waals surface area contributed by atoms with E-state index in [9.17, 15) is 14.4 Å². The van der Waals surface area contributed by atoms with E-state index in [4.69, 9.17) is 5.73 Å². The number of carbonyl (C=O) groups is 1. The van der Waals surface area contributed by atoms with Crippen LogP contribution in [0.3, 0.4) is 0 Å². The van der Waals surface area contributed by atoms with Gasteiger partial charge in [0.2, 0.25) is 0 Å². The maximum atomic E-state index is 12.9. The highest BCUT2D eigenvalue weighted by Crippen LogP contribution is 2.23. The van der Waals surface area contributed by atoms with E-state index in [-0.39, 0.29) is 23.1 Å². The number of thioether (sulfide) groups is 1. The lowest BCUT2D eigenvalue weighted by atomic mass is 10.2. The zero-order chi connectivity index (χ0) is 22.0. The second-order valence-electron chi connectivity index (χ2n) is 7.18. The Kier molecular flexibility index (Phi) is 6.67. The SMILES string of the molecule is CC(C)Cn1c(N)c(C(=O)CSc2nccn2-c2ccc(Br)cc2)c(=O)n(C)c1=O. The maximum Gasteiger partial charge on any atom is 0.332 e. The third-order valence-electron chi connectivity index (χ3n) is 4.45. The molecule has 0 amide bonds. The number of hydrogen-bond donors (Lipinski definition) is 1. The zero-order valence-corrected chi connectivity index (χ0v) is 19.2. The molecule has 2 heterocycles. The van der Waals surface area contributed by atoms with E-state index in [1.54, 1.807) is 12.4 Å². The number of nitrogens with zero attached hydrogens (tertiary/aromatic N) is 4. The van der Waals surface area contributed by atoms with Crippen LogP contribution in [-0.2, 0) is 13.6 Å². The molecule has 0 aliphatic carbocycles. The molecule has 0 unspecified atom stereocenters. The summed E-state index contributed by atoms with van der Waals surface area (Å²) >= 11 is 4.61. The van der Waals surface area contributed by atoms with Crippen molar-refractivity contribution in [2.45, 2.75) is 25.5 Å². The molecule has 0 spiro atoms. The van der Waals surface area contributed by atoms with E-state index in [0.29, 0.717) is 11.7 Å². The molecule has 158 valence electrons. The number of hydrogen-bond acceptors (Lipinski definition) is 6. The Hall–Kier alpha value is -2.59. The lowest BCUT2D eigenvalue weighted by Gasteiger charge is -2.16. The normalized spacial score (nSPS) is 11.2. The van der Waals surface area contributed by atoms with Crippen molar-refractivity contribution in [1.82, 2.24) is 18.7 Å².